The van der Waals surface area contributed by atoms with Crippen LogP contribution in [0.15, 0.2) is 12.1 Å². The molecule has 0 unspecified atom stereocenters. The number of aryl methyl sites for hydroxylation is 2. The Labute approximate surface area is 366 Å². The van der Waals surface area contributed by atoms with E-state index >= 15 is 0 Å². The molecule has 2 aromatic rings. The number of methoxy groups -OCH3 is 6. The van der Waals surface area contributed by atoms with E-state index in [1.807, 2.05) is 0 Å². The molecule has 0 radical (unpaired) electrons. The molecule has 0 aliphatic carbocycles. The highest BCUT2D eigenvalue weighted by Gasteiger charge is 2.25. The largest absolute Gasteiger partial charge is 0.461 e. The lowest BCUT2D eigenvalue weighted by Crippen LogP contribution is -2.30. The Balaban J connectivity index is -0.000000351. The Hall–Kier alpha value is -5.79. The summed E-state index contributed by atoms with van der Waals surface area (Å²) < 4.78 is 54.0. The lowest BCUT2D eigenvalue weighted by Gasteiger charge is -2.10. The van der Waals surface area contributed by atoms with Gasteiger partial charge >= 0.3 is 29.8 Å². The van der Waals surface area contributed by atoms with Gasteiger partial charge in [0.1, 0.15) is 22.8 Å². The zero-order valence-corrected chi connectivity index (χ0v) is 37.7. The summed E-state index contributed by atoms with van der Waals surface area (Å²) >= 11 is 0. The molecule has 0 aliphatic heterocycles. The number of aldehydes is 1. The van der Waals surface area contributed by atoms with Crippen molar-refractivity contribution in [3.63, 3.8) is 0 Å². The molecule has 0 bridgehead atoms. The van der Waals surface area contributed by atoms with Crippen LogP contribution in [0.25, 0.3) is 0 Å². The van der Waals surface area contributed by atoms with Crippen molar-refractivity contribution in [2.24, 2.45) is 14.1 Å². The summed E-state index contributed by atoms with van der Waals surface area (Å²) in [6, 6.07) is 2.99. The minimum Gasteiger partial charge on any atom is -0.461 e. The van der Waals surface area contributed by atoms with Gasteiger partial charge in [-0.3, -0.25) is 28.5 Å². The molecule has 0 fully saturated rings. The number of Topliss-reactive ketones (excluding diaryl/α,β-unsaturated/α-hetero) is 3. The maximum absolute atomic E-state index is 11.5. The normalized spacial score (nSPS) is 9.79. The molecule has 0 atom stereocenters. The van der Waals surface area contributed by atoms with E-state index in [0.29, 0.717) is 30.9 Å². The second kappa shape index (κ2) is 37.9. The van der Waals surface area contributed by atoms with E-state index in [0.717, 1.165) is 0 Å². The van der Waals surface area contributed by atoms with Crippen LogP contribution in [-0.4, -0.2) is 161 Å². The lowest BCUT2D eigenvalue weighted by atomic mass is 10.2. The van der Waals surface area contributed by atoms with Crippen LogP contribution in [0.3, 0.4) is 0 Å². The van der Waals surface area contributed by atoms with Crippen molar-refractivity contribution < 1.29 is 95.3 Å². The maximum atomic E-state index is 11.5. The van der Waals surface area contributed by atoms with E-state index in [2.05, 4.69) is 43.4 Å². The first-order valence-corrected chi connectivity index (χ1v) is 18.4. The molecule has 2 aromatic heterocycles. The number of rotatable bonds is 20. The zero-order chi connectivity index (χ0) is 48.4. The molecule has 2 heterocycles. The number of ether oxygens (including phenoxy) is 11. The van der Waals surface area contributed by atoms with Crippen LogP contribution in [0.1, 0.15) is 98.8 Å². The topological polar surface area (TPSA) is 291 Å². The second-order valence-electron chi connectivity index (χ2n) is 11.0. The van der Waals surface area contributed by atoms with Crippen molar-refractivity contribution in [2.75, 3.05) is 75.7 Å². The number of ketones is 3. The van der Waals surface area contributed by atoms with Crippen molar-refractivity contribution in [1.82, 2.24) is 19.6 Å². The third kappa shape index (κ3) is 26.3. The highest BCUT2D eigenvalue weighted by atomic mass is 16.7. The number of nitrogens with zero attached hydrogens (tertiary/aromatic N) is 4. The van der Waals surface area contributed by atoms with Crippen LogP contribution in [-0.2, 0) is 95.0 Å². The standard InChI is InChI=1S/C10H16N2O4.C9H14O6.C8H10N2O3.C6H10O4.C5H10O3.CH4/c1-5-16-9(13)8-6-7(11-12(8)2)10(14-3)15-4;1-4-15-8(12)6(10)5-7(11)9(13-2)14-3;1-3-13-8(12)7-4-6(5-11)9-10(7)2;1-3-9-5(7)6(8)10-4-2;1-4(6)5(7-2)8-3;/h6,10H,5H2,1-4H3;9H,4-5H2,1-3H3;4-5H,3H2,1-2H3;3-4H2,1-2H3;5H,1-3H3;1H4. The first kappa shape index (κ1) is 63.8. The van der Waals surface area contributed by atoms with Gasteiger partial charge in [-0.05, 0) is 47.6 Å². The molecule has 63 heavy (non-hydrogen) atoms. The van der Waals surface area contributed by atoms with Gasteiger partial charge in [0.15, 0.2) is 17.9 Å². The minimum atomic E-state index is -1.12. The number of carbonyl (C=O) groups excluding carboxylic acids is 9. The third-order valence-corrected chi connectivity index (χ3v) is 6.56. The number of hydrogen-bond donors (Lipinski definition) is 0. The Bertz CT molecular complexity index is 1660. The van der Waals surface area contributed by atoms with Crippen molar-refractivity contribution in [1.29, 1.82) is 0 Å². The Morgan fingerprint density at radius 1 is 0.571 bits per heavy atom. The highest BCUT2D eigenvalue weighted by Crippen LogP contribution is 2.17. The SMILES string of the molecule is C.CCOC(=O)C(=O)CC(=O)C(OC)OC.CCOC(=O)C(=O)OCC.CCOC(=O)c1cc(C(OC)OC)nn1C.CCOC(=O)c1cc(C=O)nn1C.COC(OC)C(C)=O. The molecular formula is C39H64N4O20. The molecule has 0 saturated heterocycles. The predicted octanol–water partition coefficient (Wildman–Crippen LogP) is 1.94. The van der Waals surface area contributed by atoms with Gasteiger partial charge in [-0.2, -0.15) is 10.2 Å². The molecule has 0 aliphatic rings. The number of hydrogen-bond acceptors (Lipinski definition) is 22. The van der Waals surface area contributed by atoms with Crippen molar-refractivity contribution in [3.05, 3.63) is 34.9 Å². The van der Waals surface area contributed by atoms with Crippen LogP contribution in [0.5, 0.6) is 0 Å². The van der Waals surface area contributed by atoms with Gasteiger partial charge in [-0.25, -0.2) is 24.0 Å². The van der Waals surface area contributed by atoms with Crippen LogP contribution >= 0.6 is 0 Å². The maximum Gasteiger partial charge on any atom is 0.417 e. The molecule has 0 spiro atoms. The fraction of sp³-hybridized carbons (Fsp3) is 0.615. The van der Waals surface area contributed by atoms with E-state index in [1.165, 1.54) is 65.0 Å². The quantitative estimate of drug-likeness (QED) is 0.0458. The summed E-state index contributed by atoms with van der Waals surface area (Å²) in [5.74, 6) is -5.38. The van der Waals surface area contributed by atoms with Crippen molar-refractivity contribution in [3.8, 4) is 0 Å². The van der Waals surface area contributed by atoms with Crippen LogP contribution in [0.2, 0.25) is 0 Å². The number of aromatic nitrogens is 4. The van der Waals surface area contributed by atoms with Gasteiger partial charge < -0.3 is 52.1 Å². The van der Waals surface area contributed by atoms with E-state index in [9.17, 15) is 43.2 Å². The molecule has 0 amide bonds. The van der Waals surface area contributed by atoms with Gasteiger partial charge in [0.25, 0.3) is 0 Å². The highest BCUT2D eigenvalue weighted by molar-refractivity contribution is 6.37. The first-order chi connectivity index (χ1) is 29.3. The Kier molecular flexibility index (Phi) is 38.4. The van der Waals surface area contributed by atoms with Gasteiger partial charge in [0, 0.05) is 62.8 Å². The molecule has 24 nitrogen and oxygen atoms in total. The minimum absolute atomic E-state index is 0. The average molecular weight is 909 g/mol. The van der Waals surface area contributed by atoms with Gasteiger partial charge in [0.2, 0.25) is 24.7 Å². The summed E-state index contributed by atoms with van der Waals surface area (Å²) in [7, 11) is 11.6. The van der Waals surface area contributed by atoms with E-state index in [1.54, 1.807) is 54.8 Å². The third-order valence-electron chi connectivity index (χ3n) is 6.56. The summed E-state index contributed by atoms with van der Waals surface area (Å²) in [4.78, 5) is 97.5. The van der Waals surface area contributed by atoms with Crippen molar-refractivity contribution in [2.45, 2.75) is 74.3 Å². The van der Waals surface area contributed by atoms with Gasteiger partial charge in [0.05, 0.1) is 39.5 Å². The van der Waals surface area contributed by atoms with E-state index < -0.39 is 66.7 Å². The molecular weight excluding hydrogens is 844 g/mol. The average Bonchev–Trinajstić information content (AvgIpc) is 3.82. The van der Waals surface area contributed by atoms with Crippen LogP contribution < -0.4 is 0 Å². The second-order valence-corrected chi connectivity index (χ2v) is 11.0. The van der Waals surface area contributed by atoms with Crippen LogP contribution in [0, 0.1) is 0 Å². The van der Waals surface area contributed by atoms with Crippen LogP contribution in [0.4, 0.5) is 0 Å². The van der Waals surface area contributed by atoms with E-state index in [4.69, 9.17) is 18.9 Å². The summed E-state index contributed by atoms with van der Waals surface area (Å²) in [5.41, 5.74) is 1.42. The number of carbonyl (C=O) groups is 9. The van der Waals surface area contributed by atoms with Gasteiger partial charge in [-0.15, -0.1) is 0 Å². The van der Waals surface area contributed by atoms with Gasteiger partial charge in [-0.1, -0.05) is 7.43 Å². The summed E-state index contributed by atoms with van der Waals surface area (Å²) in [6.45, 7) is 10.8. The summed E-state index contributed by atoms with van der Waals surface area (Å²) in [6.07, 6.45) is -2.37. The fourth-order valence-corrected chi connectivity index (χ4v) is 3.97. The zero-order valence-electron chi connectivity index (χ0n) is 37.7. The molecule has 0 saturated carbocycles. The fourth-order valence-electron chi connectivity index (χ4n) is 3.97. The predicted molar refractivity (Wildman–Crippen MR) is 218 cm³/mol. The van der Waals surface area contributed by atoms with Crippen molar-refractivity contribution >= 4 is 53.5 Å². The Morgan fingerprint density at radius 2 is 0.952 bits per heavy atom. The molecule has 0 aromatic carbocycles. The Morgan fingerprint density at radius 3 is 1.27 bits per heavy atom. The lowest BCUT2D eigenvalue weighted by molar-refractivity contribution is -0.167. The first-order valence-electron chi connectivity index (χ1n) is 18.4. The number of esters is 5. The smallest absolute Gasteiger partial charge is 0.417 e. The molecule has 360 valence electrons. The molecule has 2 rings (SSSR count). The van der Waals surface area contributed by atoms with E-state index in [-0.39, 0.29) is 44.4 Å². The molecule has 24 heteroatoms. The molecule has 0 N–H and O–H groups in total. The summed E-state index contributed by atoms with van der Waals surface area (Å²) in [5, 5.41) is 7.90. The monoisotopic (exact) mass is 908 g/mol.